The number of aryl methyl sites for hydroxylation is 2. The maximum Gasteiger partial charge on any atom is 0.417 e. The molecule has 1 amide bonds. The van der Waals surface area contributed by atoms with Gasteiger partial charge in [0.1, 0.15) is 5.75 Å². The second kappa shape index (κ2) is 6.00. The number of pyridine rings is 1. The topological polar surface area (TPSA) is 51.2 Å². The number of nitrogens with one attached hydrogen (secondary N) is 1. The van der Waals surface area contributed by atoms with Gasteiger partial charge in [0, 0.05) is 17.1 Å². The van der Waals surface area contributed by atoms with Gasteiger partial charge in [0.25, 0.3) is 0 Å². The van der Waals surface area contributed by atoms with E-state index in [1.165, 1.54) is 0 Å². The van der Waals surface area contributed by atoms with Gasteiger partial charge >= 0.3 is 6.09 Å². The summed E-state index contributed by atoms with van der Waals surface area (Å²) in [7, 11) is 0. The Morgan fingerprint density at radius 2 is 2.00 bits per heavy atom. The maximum absolute atomic E-state index is 11.7. The molecule has 0 radical (unpaired) electrons. The SMILES string of the molecule is CCc1cc(NC(=O)Oc2ccccc2)cc(C)n1. The molecule has 2 rings (SSSR count). The molecule has 98 valence electrons. The molecular formula is C15H16N2O2. The highest BCUT2D eigenvalue weighted by Crippen LogP contribution is 2.14. The molecule has 2 aromatic rings. The van der Waals surface area contributed by atoms with Crippen LogP contribution in [0.5, 0.6) is 5.75 Å². The van der Waals surface area contributed by atoms with E-state index >= 15 is 0 Å². The van der Waals surface area contributed by atoms with Crippen LogP contribution in [-0.2, 0) is 6.42 Å². The highest BCUT2D eigenvalue weighted by atomic mass is 16.6. The quantitative estimate of drug-likeness (QED) is 0.913. The number of benzene rings is 1. The minimum absolute atomic E-state index is 0.501. The van der Waals surface area contributed by atoms with Crippen LogP contribution < -0.4 is 10.1 Å². The van der Waals surface area contributed by atoms with Gasteiger partial charge < -0.3 is 4.74 Å². The van der Waals surface area contributed by atoms with E-state index in [0.717, 1.165) is 17.8 Å². The Bertz CT molecular complexity index is 568. The Morgan fingerprint density at radius 1 is 1.26 bits per heavy atom. The molecule has 0 saturated carbocycles. The Hall–Kier alpha value is -2.36. The lowest BCUT2D eigenvalue weighted by molar-refractivity contribution is 0.215. The van der Waals surface area contributed by atoms with E-state index in [9.17, 15) is 4.79 Å². The third-order valence-corrected chi connectivity index (χ3v) is 2.57. The lowest BCUT2D eigenvalue weighted by Crippen LogP contribution is -2.17. The van der Waals surface area contributed by atoms with E-state index < -0.39 is 6.09 Å². The Labute approximate surface area is 112 Å². The summed E-state index contributed by atoms with van der Waals surface area (Å²) in [6.45, 7) is 3.92. The van der Waals surface area contributed by atoms with Crippen molar-refractivity contribution in [3.8, 4) is 5.75 Å². The molecule has 0 saturated heterocycles. The van der Waals surface area contributed by atoms with E-state index in [4.69, 9.17) is 4.74 Å². The summed E-state index contributed by atoms with van der Waals surface area (Å²) in [6.07, 6.45) is 0.322. The number of para-hydroxylation sites is 1. The molecule has 1 heterocycles. The van der Waals surface area contributed by atoms with E-state index in [2.05, 4.69) is 10.3 Å². The molecule has 0 aliphatic rings. The van der Waals surface area contributed by atoms with Gasteiger partial charge in [-0.2, -0.15) is 0 Å². The molecule has 0 aliphatic carbocycles. The van der Waals surface area contributed by atoms with Gasteiger partial charge in [-0.15, -0.1) is 0 Å². The fourth-order valence-corrected chi connectivity index (χ4v) is 1.73. The van der Waals surface area contributed by atoms with Crippen molar-refractivity contribution in [2.45, 2.75) is 20.3 Å². The van der Waals surface area contributed by atoms with E-state index in [1.807, 2.05) is 44.2 Å². The fraction of sp³-hybridized carbons (Fsp3) is 0.200. The highest BCUT2D eigenvalue weighted by Gasteiger charge is 2.06. The predicted octanol–water partition coefficient (Wildman–Crippen LogP) is 3.56. The number of amides is 1. The fourth-order valence-electron chi connectivity index (χ4n) is 1.73. The summed E-state index contributed by atoms with van der Waals surface area (Å²) in [5.41, 5.74) is 2.51. The molecule has 1 aromatic carbocycles. The first-order chi connectivity index (χ1) is 9.17. The number of carbonyl (C=O) groups excluding carboxylic acids is 1. The van der Waals surface area contributed by atoms with Crippen LogP contribution in [0.25, 0.3) is 0 Å². The van der Waals surface area contributed by atoms with Crippen LogP contribution in [0.4, 0.5) is 10.5 Å². The van der Waals surface area contributed by atoms with E-state index in [0.29, 0.717) is 11.4 Å². The third-order valence-electron chi connectivity index (χ3n) is 2.57. The van der Waals surface area contributed by atoms with Gasteiger partial charge in [-0.05, 0) is 37.6 Å². The molecule has 0 bridgehead atoms. The molecule has 19 heavy (non-hydrogen) atoms. The number of aromatic nitrogens is 1. The zero-order valence-corrected chi connectivity index (χ0v) is 11.0. The second-order valence-electron chi connectivity index (χ2n) is 4.17. The number of ether oxygens (including phenoxy) is 1. The van der Waals surface area contributed by atoms with Crippen molar-refractivity contribution in [3.63, 3.8) is 0 Å². The molecule has 4 nitrogen and oxygen atoms in total. The minimum atomic E-state index is -0.501. The summed E-state index contributed by atoms with van der Waals surface area (Å²) in [5, 5.41) is 2.70. The van der Waals surface area contributed by atoms with Crippen LogP contribution in [0.15, 0.2) is 42.5 Å². The monoisotopic (exact) mass is 256 g/mol. The van der Waals surface area contributed by atoms with Gasteiger partial charge in [-0.3, -0.25) is 10.3 Å². The van der Waals surface area contributed by atoms with Gasteiger partial charge in [0.15, 0.2) is 0 Å². The van der Waals surface area contributed by atoms with Gasteiger partial charge in [0.05, 0.1) is 0 Å². The molecule has 0 fully saturated rings. The highest BCUT2D eigenvalue weighted by molar-refractivity contribution is 5.86. The van der Waals surface area contributed by atoms with Crippen molar-refractivity contribution >= 4 is 11.8 Å². The van der Waals surface area contributed by atoms with Gasteiger partial charge in [-0.1, -0.05) is 25.1 Å². The number of nitrogens with zero attached hydrogens (tertiary/aromatic N) is 1. The Kier molecular flexibility index (Phi) is 4.13. The molecule has 0 unspecified atom stereocenters. The van der Waals surface area contributed by atoms with Crippen molar-refractivity contribution < 1.29 is 9.53 Å². The van der Waals surface area contributed by atoms with Crippen molar-refractivity contribution in [2.24, 2.45) is 0 Å². The van der Waals surface area contributed by atoms with E-state index in [-0.39, 0.29) is 0 Å². The number of hydrogen-bond donors (Lipinski definition) is 1. The zero-order valence-electron chi connectivity index (χ0n) is 11.0. The van der Waals surface area contributed by atoms with Crippen LogP contribution in [0.1, 0.15) is 18.3 Å². The average Bonchev–Trinajstić information content (AvgIpc) is 2.38. The molecular weight excluding hydrogens is 240 g/mol. The largest absolute Gasteiger partial charge is 0.417 e. The van der Waals surface area contributed by atoms with Crippen molar-refractivity contribution in [1.29, 1.82) is 0 Å². The number of anilines is 1. The summed E-state index contributed by atoms with van der Waals surface area (Å²) in [5.74, 6) is 0.515. The average molecular weight is 256 g/mol. The molecule has 4 heteroatoms. The van der Waals surface area contributed by atoms with E-state index in [1.54, 1.807) is 12.1 Å². The normalized spacial score (nSPS) is 10.0. The first-order valence-corrected chi connectivity index (χ1v) is 6.19. The number of carbonyl (C=O) groups is 1. The summed E-state index contributed by atoms with van der Waals surface area (Å²) < 4.78 is 5.16. The standard InChI is InChI=1S/C15H16N2O2/c1-3-12-10-13(9-11(2)16-12)17-15(18)19-14-7-5-4-6-8-14/h4-10H,3H2,1-2H3,(H,16,17,18). The summed E-state index contributed by atoms with van der Waals surface area (Å²) >= 11 is 0. The summed E-state index contributed by atoms with van der Waals surface area (Å²) in [4.78, 5) is 16.1. The summed E-state index contributed by atoms with van der Waals surface area (Å²) in [6, 6.07) is 12.6. The Balaban J connectivity index is 2.05. The molecule has 0 spiro atoms. The Morgan fingerprint density at radius 3 is 2.68 bits per heavy atom. The second-order valence-corrected chi connectivity index (χ2v) is 4.17. The molecule has 0 aliphatic heterocycles. The van der Waals surface area contributed by atoms with Gasteiger partial charge in [0.2, 0.25) is 0 Å². The maximum atomic E-state index is 11.7. The molecule has 1 aromatic heterocycles. The van der Waals surface area contributed by atoms with Crippen LogP contribution in [0.3, 0.4) is 0 Å². The molecule has 1 N–H and O–H groups in total. The first kappa shape index (κ1) is 13.1. The third kappa shape index (κ3) is 3.81. The van der Waals surface area contributed by atoms with Crippen LogP contribution in [0, 0.1) is 6.92 Å². The first-order valence-electron chi connectivity index (χ1n) is 6.19. The van der Waals surface area contributed by atoms with Gasteiger partial charge in [-0.25, -0.2) is 4.79 Å². The smallest absolute Gasteiger partial charge is 0.410 e. The predicted molar refractivity (Wildman–Crippen MR) is 74.4 cm³/mol. The van der Waals surface area contributed by atoms with Crippen molar-refractivity contribution in [2.75, 3.05) is 5.32 Å². The zero-order chi connectivity index (χ0) is 13.7. The minimum Gasteiger partial charge on any atom is -0.410 e. The number of rotatable bonds is 3. The van der Waals surface area contributed by atoms with Crippen molar-refractivity contribution in [1.82, 2.24) is 4.98 Å². The lowest BCUT2D eigenvalue weighted by atomic mass is 10.2. The number of hydrogen-bond acceptors (Lipinski definition) is 3. The van der Waals surface area contributed by atoms with Crippen LogP contribution in [-0.4, -0.2) is 11.1 Å². The lowest BCUT2D eigenvalue weighted by Gasteiger charge is -2.08. The van der Waals surface area contributed by atoms with Crippen molar-refractivity contribution in [3.05, 3.63) is 53.9 Å². The van der Waals surface area contributed by atoms with Crippen LogP contribution in [0.2, 0.25) is 0 Å². The molecule has 0 atom stereocenters. The van der Waals surface area contributed by atoms with Crippen LogP contribution >= 0.6 is 0 Å².